The Bertz CT molecular complexity index is 1060. The average Bonchev–Trinajstić information content (AvgIpc) is 2.83. The number of alkyl halides is 2. The van der Waals surface area contributed by atoms with E-state index >= 15 is 0 Å². The van der Waals surface area contributed by atoms with Crippen molar-refractivity contribution in [3.05, 3.63) is 59.4 Å². The van der Waals surface area contributed by atoms with Crippen LogP contribution in [0, 0.1) is 5.82 Å². The quantitative estimate of drug-likeness (QED) is 0.534. The van der Waals surface area contributed by atoms with Crippen molar-refractivity contribution < 1.29 is 32.3 Å². The van der Waals surface area contributed by atoms with Crippen molar-refractivity contribution in [2.75, 3.05) is 31.3 Å². The highest BCUT2D eigenvalue weighted by Crippen LogP contribution is 2.25. The summed E-state index contributed by atoms with van der Waals surface area (Å²) in [6, 6.07) is 10.5. The van der Waals surface area contributed by atoms with E-state index in [2.05, 4.69) is 5.32 Å². The van der Waals surface area contributed by atoms with Crippen molar-refractivity contribution >= 4 is 35.3 Å². The Morgan fingerprint density at radius 3 is 2.68 bits per heavy atom. The molecule has 2 aromatic rings. The molecule has 0 saturated carbocycles. The number of thioether (sulfide) groups is 1. The molecule has 1 atom stereocenters. The number of hydrazine groups is 1. The van der Waals surface area contributed by atoms with Gasteiger partial charge in [-0.15, -0.1) is 0 Å². The van der Waals surface area contributed by atoms with Gasteiger partial charge in [0, 0.05) is 41.4 Å². The van der Waals surface area contributed by atoms with Crippen molar-refractivity contribution in [3.63, 3.8) is 0 Å². The molecule has 1 fully saturated rings. The standard InChI is InChI=1S/C22H23F3N4O4S/c1-33-16-4-2-3-15(11-16)26-22(32)29-7-8-34-17(12-29)9-13-5-6-14(10-18(13)23)20(30)27-28-21(31)19(24)25/h2-6,10-11,17,19H,7-9,12H2,1H3,(H,26,32)(H,27,30)(H,28,31). The minimum atomic E-state index is -3.29. The van der Waals surface area contributed by atoms with Crippen LogP contribution in [0.3, 0.4) is 0 Å². The van der Waals surface area contributed by atoms with Gasteiger partial charge in [0.2, 0.25) is 0 Å². The van der Waals surface area contributed by atoms with Gasteiger partial charge in [-0.2, -0.15) is 20.5 Å². The van der Waals surface area contributed by atoms with Gasteiger partial charge < -0.3 is 15.0 Å². The molecule has 1 aliphatic heterocycles. The lowest BCUT2D eigenvalue weighted by Gasteiger charge is -2.32. The number of amides is 4. The van der Waals surface area contributed by atoms with Crippen LogP contribution in [-0.4, -0.2) is 60.4 Å². The zero-order valence-electron chi connectivity index (χ0n) is 18.1. The number of carbonyl (C=O) groups excluding carboxylic acids is 3. The van der Waals surface area contributed by atoms with Crippen LogP contribution >= 0.6 is 11.8 Å². The summed E-state index contributed by atoms with van der Waals surface area (Å²) in [5.41, 5.74) is 4.18. The highest BCUT2D eigenvalue weighted by molar-refractivity contribution is 8.00. The molecule has 1 saturated heterocycles. The van der Waals surface area contributed by atoms with E-state index in [1.54, 1.807) is 51.8 Å². The van der Waals surface area contributed by atoms with Crippen molar-refractivity contribution in [3.8, 4) is 5.75 Å². The molecule has 0 aromatic heterocycles. The molecule has 0 aliphatic carbocycles. The predicted molar refractivity (Wildman–Crippen MR) is 122 cm³/mol. The van der Waals surface area contributed by atoms with Crippen LogP contribution in [0.5, 0.6) is 5.75 Å². The largest absolute Gasteiger partial charge is 0.497 e. The summed E-state index contributed by atoms with van der Waals surface area (Å²) in [6.07, 6.45) is -2.96. The number of hydrogen-bond acceptors (Lipinski definition) is 5. The number of urea groups is 1. The van der Waals surface area contributed by atoms with Crippen molar-refractivity contribution in [1.29, 1.82) is 0 Å². The third-order valence-corrected chi connectivity index (χ3v) is 6.21. The number of anilines is 1. The summed E-state index contributed by atoms with van der Waals surface area (Å²) in [6.45, 7) is 0.949. The molecule has 0 radical (unpaired) electrons. The number of benzene rings is 2. The number of methoxy groups -OCH3 is 1. The highest BCUT2D eigenvalue weighted by atomic mass is 32.2. The molecule has 0 spiro atoms. The van der Waals surface area contributed by atoms with E-state index in [1.165, 1.54) is 19.2 Å². The first-order chi connectivity index (χ1) is 16.3. The van der Waals surface area contributed by atoms with Gasteiger partial charge in [-0.1, -0.05) is 12.1 Å². The van der Waals surface area contributed by atoms with Gasteiger partial charge in [0.25, 0.3) is 5.91 Å². The summed E-state index contributed by atoms with van der Waals surface area (Å²) in [4.78, 5) is 37.1. The third-order valence-electron chi connectivity index (χ3n) is 5.01. The topological polar surface area (TPSA) is 99.8 Å². The number of nitrogens with zero attached hydrogens (tertiary/aromatic N) is 1. The van der Waals surface area contributed by atoms with Crippen molar-refractivity contribution in [2.45, 2.75) is 18.1 Å². The number of halogens is 3. The summed E-state index contributed by atoms with van der Waals surface area (Å²) in [5, 5.41) is 2.77. The van der Waals surface area contributed by atoms with Gasteiger partial charge in [0.15, 0.2) is 0 Å². The minimum absolute atomic E-state index is 0.0654. The highest BCUT2D eigenvalue weighted by Gasteiger charge is 2.25. The number of carbonyl (C=O) groups is 3. The van der Waals surface area contributed by atoms with Crippen LogP contribution in [0.4, 0.5) is 23.7 Å². The molecule has 1 unspecified atom stereocenters. The lowest BCUT2D eigenvalue weighted by atomic mass is 10.1. The minimum Gasteiger partial charge on any atom is -0.497 e. The zero-order chi connectivity index (χ0) is 24.7. The summed E-state index contributed by atoms with van der Waals surface area (Å²) >= 11 is 1.62. The molecule has 34 heavy (non-hydrogen) atoms. The van der Waals surface area contributed by atoms with Crippen molar-refractivity contribution in [2.24, 2.45) is 0 Å². The summed E-state index contributed by atoms with van der Waals surface area (Å²) in [5.74, 6) is -1.94. The van der Waals surface area contributed by atoms with Crippen molar-refractivity contribution in [1.82, 2.24) is 15.8 Å². The lowest BCUT2D eigenvalue weighted by Crippen LogP contribution is -2.44. The Kier molecular flexibility index (Phi) is 8.63. The van der Waals surface area contributed by atoms with Gasteiger partial charge in [-0.3, -0.25) is 20.4 Å². The van der Waals surface area contributed by atoms with E-state index < -0.39 is 24.1 Å². The Labute approximate surface area is 198 Å². The molecule has 1 heterocycles. The van der Waals surface area contributed by atoms with E-state index in [4.69, 9.17) is 4.74 Å². The Balaban J connectivity index is 1.57. The smallest absolute Gasteiger partial charge is 0.321 e. The van der Waals surface area contributed by atoms with Crippen LogP contribution in [0.1, 0.15) is 15.9 Å². The maximum absolute atomic E-state index is 14.6. The van der Waals surface area contributed by atoms with E-state index in [0.29, 0.717) is 42.3 Å². The maximum atomic E-state index is 14.6. The van der Waals surface area contributed by atoms with Crippen LogP contribution in [-0.2, 0) is 11.2 Å². The second-order valence-electron chi connectivity index (χ2n) is 7.36. The molecule has 1 aliphatic rings. The average molecular weight is 497 g/mol. The van der Waals surface area contributed by atoms with Crippen LogP contribution in [0.2, 0.25) is 0 Å². The van der Waals surface area contributed by atoms with Gasteiger partial charge >= 0.3 is 18.4 Å². The fraction of sp³-hybridized carbons (Fsp3) is 0.318. The van der Waals surface area contributed by atoms with E-state index in [-0.39, 0.29) is 16.8 Å². The molecule has 8 nitrogen and oxygen atoms in total. The Morgan fingerprint density at radius 2 is 1.97 bits per heavy atom. The summed E-state index contributed by atoms with van der Waals surface area (Å²) in [7, 11) is 1.54. The Morgan fingerprint density at radius 1 is 1.18 bits per heavy atom. The number of hydrogen-bond donors (Lipinski definition) is 3. The molecule has 3 N–H and O–H groups in total. The van der Waals surface area contributed by atoms with E-state index in [1.807, 2.05) is 0 Å². The first kappa shape index (κ1) is 25.2. The Hall–Kier alpha value is -3.41. The molecule has 12 heteroatoms. The molecule has 4 amide bonds. The fourth-order valence-electron chi connectivity index (χ4n) is 3.28. The van der Waals surface area contributed by atoms with Crippen LogP contribution in [0.25, 0.3) is 0 Å². The number of nitrogens with one attached hydrogen (secondary N) is 3. The second kappa shape index (κ2) is 11.6. The van der Waals surface area contributed by atoms with Gasteiger partial charge in [0.1, 0.15) is 11.6 Å². The normalized spacial score (nSPS) is 15.6. The number of ether oxygens (including phenoxy) is 1. The molecular weight excluding hydrogens is 473 g/mol. The van der Waals surface area contributed by atoms with E-state index in [0.717, 1.165) is 6.07 Å². The maximum Gasteiger partial charge on any atom is 0.321 e. The predicted octanol–water partition coefficient (Wildman–Crippen LogP) is 3.05. The van der Waals surface area contributed by atoms with Crippen LogP contribution in [0.15, 0.2) is 42.5 Å². The first-order valence-corrected chi connectivity index (χ1v) is 11.3. The fourth-order valence-corrected chi connectivity index (χ4v) is 4.52. The zero-order valence-corrected chi connectivity index (χ0v) is 19.0. The third kappa shape index (κ3) is 6.80. The van der Waals surface area contributed by atoms with Gasteiger partial charge in [-0.25, -0.2) is 9.18 Å². The molecule has 3 rings (SSSR count). The SMILES string of the molecule is COc1cccc(NC(=O)N2CCSC(Cc3ccc(C(=O)NNC(=O)C(F)F)cc3F)C2)c1. The van der Waals surface area contributed by atoms with E-state index in [9.17, 15) is 27.6 Å². The van der Waals surface area contributed by atoms with Crippen LogP contribution < -0.4 is 20.9 Å². The lowest BCUT2D eigenvalue weighted by molar-refractivity contribution is -0.132. The molecule has 2 aromatic carbocycles. The molecular formula is C22H23F3N4O4S. The first-order valence-electron chi connectivity index (χ1n) is 10.2. The number of rotatable bonds is 6. The second-order valence-corrected chi connectivity index (χ2v) is 8.76. The monoisotopic (exact) mass is 496 g/mol. The van der Waals surface area contributed by atoms with Gasteiger partial charge in [0.05, 0.1) is 7.11 Å². The summed E-state index contributed by atoms with van der Waals surface area (Å²) < 4.78 is 44.1. The molecule has 0 bridgehead atoms. The van der Waals surface area contributed by atoms with Gasteiger partial charge in [-0.05, 0) is 36.2 Å². The molecule has 182 valence electrons.